The lowest BCUT2D eigenvalue weighted by molar-refractivity contribution is 0.0601. The van der Waals surface area contributed by atoms with Gasteiger partial charge in [-0.1, -0.05) is 0 Å². The number of carbonyl (C=O) groups excluding carboxylic acids is 1. The number of rotatable bonds is 7. The molecule has 3 aromatic rings. The van der Waals surface area contributed by atoms with E-state index >= 15 is 0 Å². The molecule has 0 bridgehead atoms. The molecular formula is C23H19N3O6S. The molecule has 33 heavy (non-hydrogen) atoms. The fourth-order valence-electron chi connectivity index (χ4n) is 3.15. The van der Waals surface area contributed by atoms with Crippen LogP contribution in [0.4, 0.5) is 5.69 Å². The number of ether oxygens (including phenoxy) is 5. The maximum Gasteiger partial charge on any atom is 0.340 e. The molecule has 2 aromatic carbocycles. The summed E-state index contributed by atoms with van der Waals surface area (Å²) in [5, 5.41) is 15.1. The summed E-state index contributed by atoms with van der Waals surface area (Å²) in [7, 11) is 4.25. The summed E-state index contributed by atoms with van der Waals surface area (Å²) in [6.45, 7) is 0.192. The summed E-state index contributed by atoms with van der Waals surface area (Å²) in [4.78, 5) is 16.8. The summed E-state index contributed by atoms with van der Waals surface area (Å²) < 4.78 is 26.2. The Kier molecular flexibility index (Phi) is 6.33. The number of anilines is 1. The van der Waals surface area contributed by atoms with Crippen LogP contribution in [0.5, 0.6) is 23.0 Å². The highest BCUT2D eigenvalue weighted by molar-refractivity contribution is 7.11. The molecule has 0 atom stereocenters. The normalized spacial score (nSPS) is 12.1. The second-order valence-electron chi connectivity index (χ2n) is 6.66. The molecular weight excluding hydrogens is 446 g/mol. The number of fused-ring (bicyclic) bond motifs is 1. The van der Waals surface area contributed by atoms with Gasteiger partial charge in [-0.2, -0.15) is 5.26 Å². The van der Waals surface area contributed by atoms with Gasteiger partial charge in [0.2, 0.25) is 6.79 Å². The third kappa shape index (κ3) is 4.40. The van der Waals surface area contributed by atoms with Crippen LogP contribution in [0, 0.1) is 11.3 Å². The molecule has 1 N–H and O–H groups in total. The van der Waals surface area contributed by atoms with Gasteiger partial charge in [0, 0.05) is 29.3 Å². The van der Waals surface area contributed by atoms with Crippen molar-refractivity contribution < 1.29 is 28.5 Å². The smallest absolute Gasteiger partial charge is 0.340 e. The van der Waals surface area contributed by atoms with Crippen molar-refractivity contribution in [2.24, 2.45) is 0 Å². The van der Waals surface area contributed by atoms with Crippen molar-refractivity contribution in [2.45, 2.75) is 0 Å². The fraction of sp³-hybridized carbons (Fsp3) is 0.174. The summed E-state index contributed by atoms with van der Waals surface area (Å²) in [5.74, 6) is 1.57. The maximum absolute atomic E-state index is 12.3. The molecule has 0 spiro atoms. The third-order valence-electron chi connectivity index (χ3n) is 4.82. The Bertz CT molecular complexity index is 1280. The van der Waals surface area contributed by atoms with Gasteiger partial charge in [-0.25, -0.2) is 9.78 Å². The van der Waals surface area contributed by atoms with E-state index < -0.39 is 5.97 Å². The minimum atomic E-state index is -0.565. The van der Waals surface area contributed by atoms with Crippen LogP contribution in [0.3, 0.4) is 0 Å². The molecule has 2 heterocycles. The largest absolute Gasteiger partial charge is 0.493 e. The lowest BCUT2D eigenvalue weighted by Crippen LogP contribution is -2.07. The van der Waals surface area contributed by atoms with Crippen LogP contribution in [0.1, 0.15) is 15.4 Å². The molecule has 0 saturated heterocycles. The average molecular weight is 465 g/mol. The molecule has 1 aromatic heterocycles. The van der Waals surface area contributed by atoms with Gasteiger partial charge in [-0.05, 0) is 18.2 Å². The summed E-state index contributed by atoms with van der Waals surface area (Å²) in [6.07, 6.45) is 1.48. The zero-order valence-electron chi connectivity index (χ0n) is 18.0. The molecule has 9 nitrogen and oxygen atoms in total. The number of nitrogens with zero attached hydrogens (tertiary/aromatic N) is 2. The first-order valence-corrected chi connectivity index (χ1v) is 10.5. The predicted molar refractivity (Wildman–Crippen MR) is 122 cm³/mol. The van der Waals surface area contributed by atoms with Gasteiger partial charge in [0.05, 0.1) is 38.3 Å². The SMILES string of the molecule is COC(=O)c1cc(OC)c(OC)cc1NC=C(C#N)c1nc(-c2ccc3c(c2)OCO3)cs1. The zero-order chi connectivity index (χ0) is 23.4. The van der Waals surface area contributed by atoms with E-state index in [2.05, 4.69) is 16.4 Å². The molecule has 10 heteroatoms. The number of carbonyl (C=O) groups is 1. The fourth-order valence-corrected chi connectivity index (χ4v) is 3.95. The molecule has 0 radical (unpaired) electrons. The van der Waals surface area contributed by atoms with Crippen molar-refractivity contribution in [1.82, 2.24) is 4.98 Å². The van der Waals surface area contributed by atoms with Crippen molar-refractivity contribution in [1.29, 1.82) is 5.26 Å². The Hall–Kier alpha value is -4.23. The van der Waals surface area contributed by atoms with Crippen molar-refractivity contribution >= 4 is 28.6 Å². The van der Waals surface area contributed by atoms with E-state index in [1.54, 1.807) is 6.07 Å². The number of benzene rings is 2. The van der Waals surface area contributed by atoms with Crippen molar-refractivity contribution in [2.75, 3.05) is 33.4 Å². The second-order valence-corrected chi connectivity index (χ2v) is 7.52. The van der Waals surface area contributed by atoms with Gasteiger partial charge >= 0.3 is 5.97 Å². The molecule has 0 aliphatic carbocycles. The second kappa shape index (κ2) is 9.50. The van der Waals surface area contributed by atoms with E-state index in [0.29, 0.717) is 39.4 Å². The van der Waals surface area contributed by atoms with Gasteiger partial charge in [0.15, 0.2) is 23.0 Å². The number of aromatic nitrogens is 1. The number of hydrogen-bond acceptors (Lipinski definition) is 10. The number of hydrogen-bond donors (Lipinski definition) is 1. The highest BCUT2D eigenvalue weighted by atomic mass is 32.1. The van der Waals surface area contributed by atoms with Crippen molar-refractivity contribution in [3.8, 4) is 40.3 Å². The zero-order valence-corrected chi connectivity index (χ0v) is 18.8. The number of esters is 1. The molecule has 1 aliphatic rings. The topological polar surface area (TPSA) is 112 Å². The van der Waals surface area contributed by atoms with E-state index in [-0.39, 0.29) is 17.9 Å². The molecule has 0 saturated carbocycles. The van der Waals surface area contributed by atoms with Crippen LogP contribution in [0.25, 0.3) is 16.8 Å². The lowest BCUT2D eigenvalue weighted by atomic mass is 10.1. The van der Waals surface area contributed by atoms with E-state index in [9.17, 15) is 10.1 Å². The Labute approximate surface area is 193 Å². The first-order valence-electron chi connectivity index (χ1n) is 9.65. The Morgan fingerprint density at radius 2 is 1.91 bits per heavy atom. The van der Waals surface area contributed by atoms with Crippen LogP contribution in [-0.2, 0) is 4.74 Å². The van der Waals surface area contributed by atoms with Gasteiger partial charge in [-0.15, -0.1) is 11.3 Å². The predicted octanol–water partition coefficient (Wildman–Crippen LogP) is 4.32. The lowest BCUT2D eigenvalue weighted by Gasteiger charge is -2.13. The summed E-state index contributed by atoms with van der Waals surface area (Å²) in [6, 6.07) is 10.8. The van der Waals surface area contributed by atoms with Crippen molar-refractivity contribution in [3.63, 3.8) is 0 Å². The molecule has 0 amide bonds. The minimum Gasteiger partial charge on any atom is -0.493 e. The van der Waals surface area contributed by atoms with Gasteiger partial charge in [0.1, 0.15) is 16.6 Å². The first kappa shape index (κ1) is 22.0. The van der Waals surface area contributed by atoms with E-state index in [0.717, 1.165) is 5.56 Å². The monoisotopic (exact) mass is 465 g/mol. The average Bonchev–Trinajstić information content (AvgIpc) is 3.53. The van der Waals surface area contributed by atoms with Gasteiger partial charge < -0.3 is 29.0 Å². The minimum absolute atomic E-state index is 0.192. The number of nitriles is 1. The molecule has 1 aliphatic heterocycles. The van der Waals surface area contributed by atoms with E-state index in [4.69, 9.17) is 23.7 Å². The first-order chi connectivity index (χ1) is 16.1. The standard InChI is InChI=1S/C23H19N3O6S/c1-28-19-7-15(23(27)30-3)16(8-20(19)29-2)25-10-14(9-24)22-26-17(11-33-22)13-4-5-18-21(6-13)32-12-31-18/h4-8,10-11,25H,12H2,1-3H3. The summed E-state index contributed by atoms with van der Waals surface area (Å²) in [5.41, 5.74) is 2.46. The van der Waals surface area contributed by atoms with Crippen LogP contribution < -0.4 is 24.3 Å². The molecule has 4 rings (SSSR count). The number of allylic oxidation sites excluding steroid dienone is 1. The van der Waals surface area contributed by atoms with Gasteiger partial charge in [0.25, 0.3) is 0 Å². The quantitative estimate of drug-likeness (QED) is 0.403. The van der Waals surface area contributed by atoms with Crippen LogP contribution in [0.2, 0.25) is 0 Å². The number of methoxy groups -OCH3 is 3. The van der Waals surface area contributed by atoms with Crippen LogP contribution >= 0.6 is 11.3 Å². The molecule has 0 unspecified atom stereocenters. The molecule has 0 fully saturated rings. The summed E-state index contributed by atoms with van der Waals surface area (Å²) >= 11 is 1.32. The highest BCUT2D eigenvalue weighted by Gasteiger charge is 2.18. The van der Waals surface area contributed by atoms with E-state index in [1.165, 1.54) is 44.9 Å². The van der Waals surface area contributed by atoms with Gasteiger partial charge in [-0.3, -0.25) is 0 Å². The molecule has 168 valence electrons. The van der Waals surface area contributed by atoms with Crippen LogP contribution in [0.15, 0.2) is 41.9 Å². The third-order valence-corrected chi connectivity index (χ3v) is 5.70. The highest BCUT2D eigenvalue weighted by Crippen LogP contribution is 2.37. The van der Waals surface area contributed by atoms with Crippen molar-refractivity contribution in [3.05, 3.63) is 52.5 Å². The Morgan fingerprint density at radius 3 is 2.64 bits per heavy atom. The Morgan fingerprint density at radius 1 is 1.15 bits per heavy atom. The Balaban J connectivity index is 1.63. The number of nitrogens with one attached hydrogen (secondary N) is 1. The van der Waals surface area contributed by atoms with E-state index in [1.807, 2.05) is 23.6 Å². The number of thiazole rings is 1. The maximum atomic E-state index is 12.3. The van der Waals surface area contributed by atoms with Crippen LogP contribution in [-0.4, -0.2) is 39.1 Å².